The molecule has 0 aromatic carbocycles. The van der Waals surface area contributed by atoms with Crippen molar-refractivity contribution in [3.05, 3.63) is 0 Å². The third-order valence-electron chi connectivity index (χ3n) is 0.491. The average Bonchev–Trinajstić information content (AvgIpc) is 1.62. The summed E-state index contributed by atoms with van der Waals surface area (Å²) in [5.41, 5.74) is 0. The van der Waals surface area contributed by atoms with Crippen molar-refractivity contribution in [1.29, 1.82) is 0 Å². The Hall–Kier alpha value is 1.31. The molecule has 0 aromatic heterocycles. The van der Waals surface area contributed by atoms with Crippen molar-refractivity contribution in [2.24, 2.45) is 0 Å². The molecule has 0 radical (unpaired) electrons. The molecule has 0 heterocycles. The highest BCUT2D eigenvalue weighted by molar-refractivity contribution is 7.44. The minimum atomic E-state index is -3.68. The maximum absolute atomic E-state index is 12.2. The Labute approximate surface area is 67.4 Å². The lowest BCUT2D eigenvalue weighted by Gasteiger charge is -2.08. The molecule has 0 N–H and O–H groups in total. The number of halogens is 5. The van der Waals surface area contributed by atoms with E-state index < -0.39 is 12.0 Å². The summed E-state index contributed by atoms with van der Waals surface area (Å²) < 4.78 is 12.2. The van der Waals surface area contributed by atoms with Gasteiger partial charge in [0.1, 0.15) is 0 Å². The van der Waals surface area contributed by atoms with E-state index in [1.165, 1.54) is 0 Å². The number of rotatable bonds is 2. The number of hydrogen-bond acceptors (Lipinski definition) is 0. The maximum atomic E-state index is 12.2. The smallest absolute Gasteiger partial charge is 0.271 e. The lowest BCUT2D eigenvalue weighted by Crippen LogP contribution is -2.28. The molecule has 50 valence electrons. The van der Waals surface area contributed by atoms with Crippen LogP contribution in [0.25, 0.3) is 0 Å². The predicted molar refractivity (Wildman–Crippen MR) is 38.9 cm³/mol. The lowest BCUT2D eigenvalue weighted by atomic mass is 10.9. The first kappa shape index (κ1) is 9.31. The Bertz CT molecular complexity index is 70.9. The first-order valence-electron chi connectivity index (χ1n) is 1.75. The van der Waals surface area contributed by atoms with Crippen molar-refractivity contribution >= 4 is 52.4 Å². The highest BCUT2D eigenvalue weighted by atomic mass is 35.7. The summed E-state index contributed by atoms with van der Waals surface area (Å²) in [4.78, 5) is 0. The van der Waals surface area contributed by atoms with Crippen LogP contribution in [-0.2, 0) is 0 Å². The molecule has 0 nitrogen and oxygen atoms in total. The topological polar surface area (TPSA) is 0 Å². The molecule has 0 aliphatic carbocycles. The molecule has 0 aliphatic rings. The monoisotopic (exact) mass is 214 g/mol. The first-order valence-corrected chi connectivity index (χ1v) is 6.70. The van der Waals surface area contributed by atoms with Gasteiger partial charge in [-0.2, -0.15) is 0 Å². The highest BCUT2D eigenvalue weighted by Gasteiger charge is 2.38. The molecule has 0 aliphatic heterocycles. The fraction of sp³-hybridized carbons (Fsp3) is 1.00. The van der Waals surface area contributed by atoms with Gasteiger partial charge in [-0.25, -0.2) is 0 Å². The molecule has 0 rings (SSSR count). The molecule has 0 amide bonds. The minimum Gasteiger partial charge on any atom is -0.271 e. The van der Waals surface area contributed by atoms with E-state index in [4.69, 9.17) is 45.4 Å². The maximum Gasteiger partial charge on any atom is 0.451 e. The van der Waals surface area contributed by atoms with Crippen molar-refractivity contribution in [2.75, 3.05) is 5.88 Å². The van der Waals surface area contributed by atoms with Crippen LogP contribution < -0.4 is 0 Å². The van der Waals surface area contributed by atoms with Crippen LogP contribution in [0.3, 0.4) is 0 Å². The van der Waals surface area contributed by atoms with Crippen LogP contribution in [0.2, 0.25) is 0 Å². The van der Waals surface area contributed by atoms with Gasteiger partial charge in [0.2, 0.25) is 0 Å². The Kier molecular flexibility index (Phi) is 4.04. The molecule has 6 heteroatoms. The van der Waals surface area contributed by atoms with E-state index in [0.717, 1.165) is 0 Å². The third-order valence-corrected chi connectivity index (χ3v) is 5.44. The van der Waals surface area contributed by atoms with E-state index in [-0.39, 0.29) is 5.88 Å². The fourth-order valence-electron chi connectivity index (χ4n) is 0.0875. The second-order valence-electron chi connectivity index (χ2n) is 1.16. The van der Waals surface area contributed by atoms with Crippen molar-refractivity contribution < 1.29 is 4.11 Å². The molecule has 0 bridgehead atoms. The van der Waals surface area contributed by atoms with Crippen LogP contribution in [-0.4, -0.2) is 17.9 Å². The fourth-order valence-corrected chi connectivity index (χ4v) is 1.84. The zero-order valence-corrected chi connectivity index (χ0v) is 7.70. The van der Waals surface area contributed by atoms with Crippen LogP contribution in [0.5, 0.6) is 0 Å². The summed E-state index contributed by atoms with van der Waals surface area (Å²) in [6, 6.07) is 0. The van der Waals surface area contributed by atoms with E-state index in [0.29, 0.717) is 0 Å². The van der Waals surface area contributed by atoms with Gasteiger partial charge in [0, 0.05) is 5.88 Å². The lowest BCUT2D eigenvalue weighted by molar-refractivity contribution is 0.833. The van der Waals surface area contributed by atoms with Crippen molar-refractivity contribution in [3.63, 3.8) is 0 Å². The second kappa shape index (κ2) is 3.47. The summed E-state index contributed by atoms with van der Waals surface area (Å²) in [5.74, 6) is -0.0444. The molecule has 0 spiro atoms. The molecule has 8 heavy (non-hydrogen) atoms. The Balaban J connectivity index is 3.62. The Morgan fingerprint density at radius 2 is 1.88 bits per heavy atom. The minimum absolute atomic E-state index is 0.0444. The quantitative estimate of drug-likeness (QED) is 0.378. The van der Waals surface area contributed by atoms with Crippen molar-refractivity contribution in [1.82, 2.24) is 0 Å². The number of hydrogen-bond donors (Lipinski definition) is 0. The van der Waals surface area contributed by atoms with Gasteiger partial charge in [0.25, 0.3) is 0 Å². The molecule has 0 aromatic rings. The third kappa shape index (κ3) is 3.36. The largest absolute Gasteiger partial charge is 0.451 e. The van der Waals surface area contributed by atoms with Crippen LogP contribution >= 0.6 is 45.4 Å². The standard InChI is InChI=1S/C2H3Cl4FSi/c3-1-2(4)8(5,6)7/h2H,1H2. The van der Waals surface area contributed by atoms with Gasteiger partial charge >= 0.3 is 7.03 Å². The summed E-state index contributed by atoms with van der Waals surface area (Å²) in [6.45, 7) is 0. The van der Waals surface area contributed by atoms with Gasteiger partial charge in [-0.3, -0.25) is 4.11 Å². The van der Waals surface area contributed by atoms with E-state index in [2.05, 4.69) is 0 Å². The Morgan fingerprint density at radius 1 is 1.50 bits per heavy atom. The summed E-state index contributed by atoms with van der Waals surface area (Å²) in [5, 5.41) is -0.910. The first-order chi connectivity index (χ1) is 3.48. The molecule has 0 saturated heterocycles. The van der Waals surface area contributed by atoms with Crippen molar-refractivity contribution in [2.45, 2.75) is 5.00 Å². The van der Waals surface area contributed by atoms with E-state index in [1.807, 2.05) is 0 Å². The van der Waals surface area contributed by atoms with E-state index in [1.54, 1.807) is 0 Å². The summed E-state index contributed by atoms with van der Waals surface area (Å²) in [6.07, 6.45) is 0. The molecule has 1 unspecified atom stereocenters. The van der Waals surface area contributed by atoms with Crippen LogP contribution in [0.15, 0.2) is 0 Å². The van der Waals surface area contributed by atoms with Crippen LogP contribution in [0.1, 0.15) is 0 Å². The zero-order valence-electron chi connectivity index (χ0n) is 3.67. The van der Waals surface area contributed by atoms with Gasteiger partial charge in [0.15, 0.2) is 0 Å². The van der Waals surface area contributed by atoms with Gasteiger partial charge in [-0.15, -0.1) is 45.4 Å². The van der Waals surface area contributed by atoms with Crippen LogP contribution in [0.4, 0.5) is 4.11 Å². The predicted octanol–water partition coefficient (Wildman–Crippen LogP) is 2.76. The van der Waals surface area contributed by atoms with Crippen LogP contribution in [0, 0.1) is 0 Å². The molecular weight excluding hydrogens is 213 g/mol. The van der Waals surface area contributed by atoms with E-state index in [9.17, 15) is 4.11 Å². The average molecular weight is 216 g/mol. The normalized spacial score (nSPS) is 16.1. The summed E-state index contributed by atoms with van der Waals surface area (Å²) in [7, 11) is -3.68. The molecule has 0 fully saturated rings. The van der Waals surface area contributed by atoms with Gasteiger partial charge in [0.05, 0.1) is 5.00 Å². The molecular formula is C2H3Cl4FSi. The highest BCUT2D eigenvalue weighted by Crippen LogP contribution is 2.25. The van der Waals surface area contributed by atoms with Gasteiger partial charge < -0.3 is 0 Å². The Morgan fingerprint density at radius 3 is 1.88 bits per heavy atom. The van der Waals surface area contributed by atoms with E-state index >= 15 is 0 Å². The molecule has 1 atom stereocenters. The second-order valence-corrected chi connectivity index (χ2v) is 8.03. The molecule has 0 saturated carbocycles. The number of alkyl halides is 2. The SMILES string of the molecule is F[Si](Cl)(Cl)C(Cl)CCl. The summed E-state index contributed by atoms with van der Waals surface area (Å²) >= 11 is 20.4. The van der Waals surface area contributed by atoms with Gasteiger partial charge in [-0.05, 0) is 0 Å². The zero-order chi connectivity index (χ0) is 6.78. The van der Waals surface area contributed by atoms with Crippen molar-refractivity contribution in [3.8, 4) is 0 Å². The van der Waals surface area contributed by atoms with Gasteiger partial charge in [-0.1, -0.05) is 0 Å².